The van der Waals surface area contributed by atoms with Crippen molar-refractivity contribution in [2.75, 3.05) is 26.2 Å². The van der Waals surface area contributed by atoms with E-state index >= 15 is 0 Å². The van der Waals surface area contributed by atoms with Gasteiger partial charge in [0.05, 0.1) is 31.1 Å². The lowest BCUT2D eigenvalue weighted by Crippen LogP contribution is -2.56. The highest BCUT2D eigenvalue weighted by atomic mass is 16.5. The van der Waals surface area contributed by atoms with Crippen LogP contribution in [0.2, 0.25) is 0 Å². The fourth-order valence-electron chi connectivity index (χ4n) is 2.47. The minimum atomic E-state index is -0.559. The van der Waals surface area contributed by atoms with Gasteiger partial charge in [-0.1, -0.05) is 0 Å². The molecule has 1 atom stereocenters. The number of furan rings is 1. The molecule has 0 radical (unpaired) electrons. The molecule has 0 aliphatic carbocycles. The number of nitrogens with zero attached hydrogens (tertiary/aromatic N) is 1. The van der Waals surface area contributed by atoms with Gasteiger partial charge in [-0.3, -0.25) is 19.8 Å². The Morgan fingerprint density at radius 2 is 2.29 bits per heavy atom. The molecule has 1 aliphatic heterocycles. The van der Waals surface area contributed by atoms with Crippen LogP contribution in [0.15, 0.2) is 22.8 Å². The van der Waals surface area contributed by atoms with Crippen LogP contribution in [0.4, 0.5) is 0 Å². The summed E-state index contributed by atoms with van der Waals surface area (Å²) < 4.78 is 10.6. The molecule has 7 heteroatoms. The van der Waals surface area contributed by atoms with E-state index in [2.05, 4.69) is 5.32 Å². The molecule has 7 nitrogen and oxygen atoms in total. The lowest BCUT2D eigenvalue weighted by atomic mass is 10.1. The predicted octanol–water partition coefficient (Wildman–Crippen LogP) is 0.00770. The van der Waals surface area contributed by atoms with E-state index in [0.29, 0.717) is 13.1 Å². The van der Waals surface area contributed by atoms with Crippen LogP contribution >= 0.6 is 0 Å². The summed E-state index contributed by atoms with van der Waals surface area (Å²) >= 11 is 0. The van der Waals surface area contributed by atoms with E-state index in [1.165, 1.54) is 12.3 Å². The van der Waals surface area contributed by atoms with E-state index < -0.39 is 17.4 Å². The number of nitrogens with one attached hydrogen (secondary N) is 1. The first kappa shape index (κ1) is 15.7. The molecule has 0 saturated carbocycles. The van der Waals surface area contributed by atoms with Crippen LogP contribution in [0.3, 0.4) is 0 Å². The average Bonchev–Trinajstić information content (AvgIpc) is 2.90. The van der Waals surface area contributed by atoms with Crippen LogP contribution in [0.1, 0.15) is 24.4 Å². The van der Waals surface area contributed by atoms with Crippen LogP contribution in [-0.2, 0) is 9.53 Å². The first-order valence-corrected chi connectivity index (χ1v) is 6.78. The molecule has 116 valence electrons. The van der Waals surface area contributed by atoms with Crippen molar-refractivity contribution in [3.05, 3.63) is 24.2 Å². The quantitative estimate of drug-likeness (QED) is 0.813. The van der Waals surface area contributed by atoms with Crippen molar-refractivity contribution in [1.29, 1.82) is 0 Å². The second-order valence-electron chi connectivity index (χ2n) is 5.71. The predicted molar refractivity (Wildman–Crippen MR) is 73.7 cm³/mol. The molecule has 1 aromatic rings. The van der Waals surface area contributed by atoms with Crippen molar-refractivity contribution in [1.82, 2.24) is 10.2 Å². The van der Waals surface area contributed by atoms with Gasteiger partial charge < -0.3 is 14.3 Å². The van der Waals surface area contributed by atoms with E-state index in [-0.39, 0.29) is 25.0 Å². The standard InChI is InChI=1S/C14H20N2O5/c1-14(2)9-16(6-10(8-17)21-14)7-12(18)15-13(19)11-4-3-5-20-11/h3-5,10,17H,6-9H2,1-2H3,(H,15,18,19). The highest BCUT2D eigenvalue weighted by Gasteiger charge is 2.33. The maximum atomic E-state index is 11.9. The van der Waals surface area contributed by atoms with Crippen molar-refractivity contribution < 1.29 is 23.8 Å². The Morgan fingerprint density at radius 1 is 1.52 bits per heavy atom. The molecule has 1 fully saturated rings. The summed E-state index contributed by atoms with van der Waals surface area (Å²) in [6, 6.07) is 3.07. The van der Waals surface area contributed by atoms with Gasteiger partial charge in [0.1, 0.15) is 0 Å². The molecule has 1 aromatic heterocycles. The number of hydrogen-bond donors (Lipinski definition) is 2. The smallest absolute Gasteiger partial charge is 0.293 e. The van der Waals surface area contributed by atoms with Crippen molar-refractivity contribution in [3.8, 4) is 0 Å². The van der Waals surface area contributed by atoms with Crippen LogP contribution < -0.4 is 5.32 Å². The van der Waals surface area contributed by atoms with Gasteiger partial charge in [-0.05, 0) is 26.0 Å². The zero-order valence-electron chi connectivity index (χ0n) is 12.2. The minimum absolute atomic E-state index is 0.0652. The third-order valence-corrected chi connectivity index (χ3v) is 3.12. The number of aliphatic hydroxyl groups is 1. The Labute approximate surface area is 122 Å². The van der Waals surface area contributed by atoms with E-state index in [0.717, 1.165) is 0 Å². The van der Waals surface area contributed by atoms with Crippen LogP contribution in [0.5, 0.6) is 0 Å². The highest BCUT2D eigenvalue weighted by molar-refractivity contribution is 6.03. The summed E-state index contributed by atoms with van der Waals surface area (Å²) in [7, 11) is 0. The number of amides is 2. The van der Waals surface area contributed by atoms with Gasteiger partial charge in [0.2, 0.25) is 5.91 Å². The molecule has 1 aliphatic rings. The summed E-state index contributed by atoms with van der Waals surface area (Å²) in [4.78, 5) is 25.5. The number of hydrogen-bond acceptors (Lipinski definition) is 6. The Hall–Kier alpha value is -1.70. The maximum Gasteiger partial charge on any atom is 0.293 e. The lowest BCUT2D eigenvalue weighted by Gasteiger charge is -2.41. The number of morpholine rings is 1. The number of rotatable bonds is 4. The number of aliphatic hydroxyl groups excluding tert-OH is 1. The molecular weight excluding hydrogens is 276 g/mol. The Balaban J connectivity index is 1.88. The van der Waals surface area contributed by atoms with E-state index in [4.69, 9.17) is 9.15 Å². The Kier molecular flexibility index (Phi) is 4.76. The SMILES string of the molecule is CC1(C)CN(CC(=O)NC(=O)c2ccco2)CC(CO)O1. The third kappa shape index (κ3) is 4.38. The van der Waals surface area contributed by atoms with Crippen LogP contribution in [-0.4, -0.2) is 59.8 Å². The second kappa shape index (κ2) is 6.38. The first-order valence-electron chi connectivity index (χ1n) is 6.78. The lowest BCUT2D eigenvalue weighted by molar-refractivity contribution is -0.152. The van der Waals surface area contributed by atoms with E-state index in [1.54, 1.807) is 6.07 Å². The van der Waals surface area contributed by atoms with Gasteiger partial charge in [-0.15, -0.1) is 0 Å². The van der Waals surface area contributed by atoms with Gasteiger partial charge in [-0.2, -0.15) is 0 Å². The Bertz CT molecular complexity index is 497. The van der Waals surface area contributed by atoms with Gasteiger partial charge >= 0.3 is 0 Å². The van der Waals surface area contributed by atoms with Crippen molar-refractivity contribution >= 4 is 11.8 Å². The summed E-state index contributed by atoms with van der Waals surface area (Å²) in [6.07, 6.45) is 1.04. The normalized spacial score (nSPS) is 22.0. The Morgan fingerprint density at radius 3 is 2.90 bits per heavy atom. The molecule has 2 amide bonds. The van der Waals surface area contributed by atoms with Gasteiger partial charge in [0, 0.05) is 13.1 Å². The molecule has 0 spiro atoms. The molecule has 2 rings (SSSR count). The molecule has 0 aromatic carbocycles. The number of imide groups is 1. The zero-order valence-corrected chi connectivity index (χ0v) is 12.2. The number of carbonyl (C=O) groups is 2. The van der Waals surface area contributed by atoms with E-state index in [9.17, 15) is 14.7 Å². The fourth-order valence-corrected chi connectivity index (χ4v) is 2.47. The molecule has 1 saturated heterocycles. The zero-order chi connectivity index (χ0) is 15.5. The second-order valence-corrected chi connectivity index (χ2v) is 5.71. The molecular formula is C14H20N2O5. The van der Waals surface area contributed by atoms with Crippen LogP contribution in [0.25, 0.3) is 0 Å². The summed E-state index contributed by atoms with van der Waals surface area (Å²) in [5.74, 6) is -0.874. The van der Waals surface area contributed by atoms with Gasteiger partial charge in [0.25, 0.3) is 5.91 Å². The third-order valence-electron chi connectivity index (χ3n) is 3.12. The summed E-state index contributed by atoms with van der Waals surface area (Å²) in [5, 5.41) is 11.5. The molecule has 0 bridgehead atoms. The number of carbonyl (C=O) groups excluding carboxylic acids is 2. The van der Waals surface area contributed by atoms with Crippen molar-refractivity contribution in [2.24, 2.45) is 0 Å². The van der Waals surface area contributed by atoms with Gasteiger partial charge in [0.15, 0.2) is 5.76 Å². The molecule has 2 N–H and O–H groups in total. The monoisotopic (exact) mass is 296 g/mol. The summed E-state index contributed by atoms with van der Waals surface area (Å²) in [5.41, 5.74) is -0.447. The van der Waals surface area contributed by atoms with Crippen molar-refractivity contribution in [3.63, 3.8) is 0 Å². The van der Waals surface area contributed by atoms with Gasteiger partial charge in [-0.25, -0.2) is 0 Å². The maximum absolute atomic E-state index is 11.9. The topological polar surface area (TPSA) is 92.0 Å². The molecule has 2 heterocycles. The molecule has 21 heavy (non-hydrogen) atoms. The largest absolute Gasteiger partial charge is 0.459 e. The van der Waals surface area contributed by atoms with Crippen LogP contribution in [0, 0.1) is 0 Å². The summed E-state index contributed by atoms with van der Waals surface area (Å²) in [6.45, 7) is 4.75. The van der Waals surface area contributed by atoms with E-state index in [1.807, 2.05) is 18.7 Å². The average molecular weight is 296 g/mol. The number of ether oxygens (including phenoxy) is 1. The van der Waals surface area contributed by atoms with Crippen molar-refractivity contribution in [2.45, 2.75) is 25.6 Å². The fraction of sp³-hybridized carbons (Fsp3) is 0.571. The minimum Gasteiger partial charge on any atom is -0.459 e. The first-order chi connectivity index (χ1) is 9.89. The highest BCUT2D eigenvalue weighted by Crippen LogP contribution is 2.20. The molecule has 1 unspecified atom stereocenters.